The van der Waals surface area contributed by atoms with E-state index in [-0.39, 0.29) is 6.54 Å². The molecule has 0 aromatic heterocycles. The molecule has 1 fully saturated rings. The molecule has 0 heterocycles. The van der Waals surface area contributed by atoms with Crippen LogP contribution >= 0.6 is 0 Å². The molecule has 1 rings (SSSR count). The minimum Gasteiger partial charge on any atom is -0.480 e. The van der Waals surface area contributed by atoms with Gasteiger partial charge in [-0.2, -0.15) is 0 Å². The van der Waals surface area contributed by atoms with Crippen LogP contribution in [0, 0.1) is 11.8 Å². The van der Waals surface area contributed by atoms with E-state index in [0.29, 0.717) is 0 Å². The van der Waals surface area contributed by atoms with Gasteiger partial charge in [-0.1, -0.05) is 26.2 Å². The van der Waals surface area contributed by atoms with Crippen molar-refractivity contribution in [2.24, 2.45) is 11.8 Å². The summed E-state index contributed by atoms with van der Waals surface area (Å²) in [7, 11) is 0. The molecule has 3 nitrogen and oxygen atoms in total. The van der Waals surface area contributed by atoms with Gasteiger partial charge in [0.25, 0.3) is 0 Å². The Labute approximate surface area is 85.9 Å². The molecule has 2 N–H and O–H groups in total. The van der Waals surface area contributed by atoms with Crippen molar-refractivity contribution in [3.63, 3.8) is 0 Å². The van der Waals surface area contributed by atoms with Gasteiger partial charge in [-0.05, 0) is 31.2 Å². The van der Waals surface area contributed by atoms with Crippen LogP contribution < -0.4 is 5.32 Å². The van der Waals surface area contributed by atoms with Gasteiger partial charge in [-0.25, -0.2) is 0 Å². The van der Waals surface area contributed by atoms with Crippen molar-refractivity contribution in [1.29, 1.82) is 0 Å². The molecule has 14 heavy (non-hydrogen) atoms. The molecular weight excluding hydrogens is 178 g/mol. The van der Waals surface area contributed by atoms with Crippen molar-refractivity contribution in [1.82, 2.24) is 5.32 Å². The average Bonchev–Trinajstić information content (AvgIpc) is 2.12. The molecule has 1 saturated carbocycles. The molecule has 82 valence electrons. The van der Waals surface area contributed by atoms with Gasteiger partial charge in [-0.15, -0.1) is 0 Å². The van der Waals surface area contributed by atoms with E-state index < -0.39 is 5.97 Å². The van der Waals surface area contributed by atoms with Crippen LogP contribution in [0.1, 0.15) is 39.0 Å². The van der Waals surface area contributed by atoms with E-state index in [2.05, 4.69) is 12.2 Å². The van der Waals surface area contributed by atoms with Gasteiger partial charge >= 0.3 is 5.97 Å². The fourth-order valence-electron chi connectivity index (χ4n) is 2.32. The second kappa shape index (κ2) is 6.02. The molecular formula is C11H21NO2. The zero-order chi connectivity index (χ0) is 10.4. The normalized spacial score (nSPS) is 27.5. The summed E-state index contributed by atoms with van der Waals surface area (Å²) in [4.78, 5) is 10.2. The smallest absolute Gasteiger partial charge is 0.317 e. The van der Waals surface area contributed by atoms with Gasteiger partial charge in [0.05, 0.1) is 6.54 Å². The minimum atomic E-state index is -0.762. The van der Waals surface area contributed by atoms with Crippen molar-refractivity contribution in [3.05, 3.63) is 0 Å². The van der Waals surface area contributed by atoms with E-state index in [9.17, 15) is 4.79 Å². The van der Waals surface area contributed by atoms with Crippen LogP contribution in [0.2, 0.25) is 0 Å². The van der Waals surface area contributed by atoms with Crippen LogP contribution in [0.15, 0.2) is 0 Å². The summed E-state index contributed by atoms with van der Waals surface area (Å²) < 4.78 is 0. The third-order valence-electron chi connectivity index (χ3n) is 3.05. The lowest BCUT2D eigenvalue weighted by atomic mass is 9.81. The van der Waals surface area contributed by atoms with Gasteiger partial charge in [0, 0.05) is 0 Å². The lowest BCUT2D eigenvalue weighted by Gasteiger charge is -2.26. The van der Waals surface area contributed by atoms with E-state index in [1.54, 1.807) is 0 Å². The predicted molar refractivity (Wildman–Crippen MR) is 56.2 cm³/mol. The molecule has 0 aromatic carbocycles. The maximum absolute atomic E-state index is 10.2. The van der Waals surface area contributed by atoms with Crippen LogP contribution in [0.25, 0.3) is 0 Å². The van der Waals surface area contributed by atoms with Gasteiger partial charge in [-0.3, -0.25) is 4.79 Å². The first-order valence-corrected chi connectivity index (χ1v) is 5.61. The molecule has 1 aliphatic rings. The monoisotopic (exact) mass is 199 g/mol. The molecule has 3 heteroatoms. The van der Waals surface area contributed by atoms with Gasteiger partial charge in [0.15, 0.2) is 0 Å². The predicted octanol–water partition coefficient (Wildman–Crippen LogP) is 1.88. The summed E-state index contributed by atoms with van der Waals surface area (Å²) in [6.45, 7) is 3.27. The van der Waals surface area contributed by atoms with E-state index in [4.69, 9.17) is 5.11 Å². The van der Waals surface area contributed by atoms with E-state index in [1.807, 2.05) is 0 Å². The summed E-state index contributed by atoms with van der Waals surface area (Å²) in [5.74, 6) is 0.926. The van der Waals surface area contributed by atoms with Crippen LogP contribution in [0.5, 0.6) is 0 Å². The number of nitrogens with one attached hydrogen (secondary N) is 1. The van der Waals surface area contributed by atoms with Crippen LogP contribution in [-0.4, -0.2) is 24.2 Å². The lowest BCUT2D eigenvalue weighted by Crippen LogP contribution is -2.26. The molecule has 2 atom stereocenters. The van der Waals surface area contributed by atoms with Gasteiger partial charge in [0.1, 0.15) is 0 Å². The molecule has 2 unspecified atom stereocenters. The third kappa shape index (κ3) is 4.61. The summed E-state index contributed by atoms with van der Waals surface area (Å²) in [6.07, 6.45) is 6.52. The van der Waals surface area contributed by atoms with Crippen molar-refractivity contribution in [2.45, 2.75) is 39.0 Å². The number of carboxylic acid groups (broad SMARTS) is 1. The Bertz CT molecular complexity index is 182. The maximum atomic E-state index is 10.2. The highest BCUT2D eigenvalue weighted by molar-refractivity contribution is 5.68. The fraction of sp³-hybridized carbons (Fsp3) is 0.909. The lowest BCUT2D eigenvalue weighted by molar-refractivity contribution is -0.135. The summed E-state index contributed by atoms with van der Waals surface area (Å²) in [5.41, 5.74) is 0. The number of hydrogen-bond donors (Lipinski definition) is 2. The summed E-state index contributed by atoms with van der Waals surface area (Å²) in [6, 6.07) is 0. The second-order valence-corrected chi connectivity index (χ2v) is 4.50. The number of hydrogen-bond acceptors (Lipinski definition) is 2. The SMILES string of the molecule is CC1CCCC(CCNCC(=O)O)C1. The van der Waals surface area contributed by atoms with Gasteiger partial charge < -0.3 is 10.4 Å². The standard InChI is InChI=1S/C11H21NO2/c1-9-3-2-4-10(7-9)5-6-12-8-11(13)14/h9-10,12H,2-8H2,1H3,(H,13,14). The highest BCUT2D eigenvalue weighted by Gasteiger charge is 2.18. The quantitative estimate of drug-likeness (QED) is 0.665. The molecule has 1 aliphatic carbocycles. The van der Waals surface area contributed by atoms with Crippen molar-refractivity contribution in [3.8, 4) is 0 Å². The highest BCUT2D eigenvalue weighted by atomic mass is 16.4. The maximum Gasteiger partial charge on any atom is 0.317 e. The zero-order valence-electron chi connectivity index (χ0n) is 8.96. The Hall–Kier alpha value is -0.570. The Balaban J connectivity index is 2.03. The van der Waals surface area contributed by atoms with Gasteiger partial charge in [0.2, 0.25) is 0 Å². The number of aliphatic carboxylic acids is 1. The second-order valence-electron chi connectivity index (χ2n) is 4.50. The first-order chi connectivity index (χ1) is 6.68. The van der Waals surface area contributed by atoms with Crippen molar-refractivity contribution < 1.29 is 9.90 Å². The van der Waals surface area contributed by atoms with Crippen LogP contribution in [-0.2, 0) is 4.79 Å². The summed E-state index contributed by atoms with van der Waals surface area (Å²) >= 11 is 0. The van der Waals surface area contributed by atoms with Crippen LogP contribution in [0.3, 0.4) is 0 Å². The molecule has 0 saturated heterocycles. The van der Waals surface area contributed by atoms with E-state index in [1.165, 1.54) is 25.7 Å². The minimum absolute atomic E-state index is 0.0995. The molecule has 0 bridgehead atoms. The zero-order valence-corrected chi connectivity index (χ0v) is 8.96. The molecule has 0 aromatic rings. The van der Waals surface area contributed by atoms with Crippen molar-refractivity contribution in [2.75, 3.05) is 13.1 Å². The number of rotatable bonds is 5. The summed E-state index contributed by atoms with van der Waals surface area (Å²) in [5, 5.41) is 11.4. The molecule has 0 amide bonds. The molecule has 0 radical (unpaired) electrons. The first-order valence-electron chi connectivity index (χ1n) is 5.61. The Morgan fingerprint density at radius 1 is 1.50 bits per heavy atom. The van der Waals surface area contributed by atoms with E-state index in [0.717, 1.165) is 24.8 Å². The average molecular weight is 199 g/mol. The van der Waals surface area contributed by atoms with Crippen LogP contribution in [0.4, 0.5) is 0 Å². The topological polar surface area (TPSA) is 49.3 Å². The Morgan fingerprint density at radius 2 is 2.29 bits per heavy atom. The number of carboxylic acids is 1. The molecule has 0 spiro atoms. The first kappa shape index (κ1) is 11.5. The fourth-order valence-corrected chi connectivity index (χ4v) is 2.32. The number of carbonyl (C=O) groups is 1. The molecule has 0 aliphatic heterocycles. The Kier molecular flexibility index (Phi) is 4.94. The van der Waals surface area contributed by atoms with E-state index >= 15 is 0 Å². The largest absolute Gasteiger partial charge is 0.480 e. The van der Waals surface area contributed by atoms with Crippen molar-refractivity contribution >= 4 is 5.97 Å². The Morgan fingerprint density at radius 3 is 2.93 bits per heavy atom. The highest BCUT2D eigenvalue weighted by Crippen LogP contribution is 2.30. The third-order valence-corrected chi connectivity index (χ3v) is 3.05.